The van der Waals surface area contributed by atoms with Crippen LogP contribution in [0, 0.1) is 5.92 Å². The highest BCUT2D eigenvalue weighted by atomic mass is 16.2. The molecule has 23 heavy (non-hydrogen) atoms. The number of hydrogen-bond acceptors (Lipinski definition) is 3. The van der Waals surface area contributed by atoms with Gasteiger partial charge in [-0.2, -0.15) is 0 Å². The molecule has 1 heterocycles. The zero-order chi connectivity index (χ0) is 16.3. The highest BCUT2D eigenvalue weighted by Crippen LogP contribution is 2.33. The van der Waals surface area contributed by atoms with Crippen LogP contribution in [0.15, 0.2) is 0 Å². The van der Waals surface area contributed by atoms with Crippen molar-refractivity contribution in [3.8, 4) is 0 Å². The van der Waals surface area contributed by atoms with Gasteiger partial charge in [0.25, 0.3) is 5.91 Å². The Balaban J connectivity index is 1.67. The summed E-state index contributed by atoms with van der Waals surface area (Å²) in [5.41, 5.74) is -0.717. The van der Waals surface area contributed by atoms with Crippen LogP contribution in [-0.4, -0.2) is 42.0 Å². The van der Waals surface area contributed by atoms with E-state index < -0.39 is 5.54 Å². The third-order valence-electron chi connectivity index (χ3n) is 6.02. The van der Waals surface area contributed by atoms with E-state index in [1.54, 1.807) is 7.05 Å². The van der Waals surface area contributed by atoms with Crippen molar-refractivity contribution in [2.45, 2.75) is 82.2 Å². The van der Waals surface area contributed by atoms with Crippen molar-refractivity contribution in [3.63, 3.8) is 0 Å². The van der Waals surface area contributed by atoms with Crippen LogP contribution in [0.3, 0.4) is 0 Å². The van der Waals surface area contributed by atoms with Crippen molar-refractivity contribution in [3.05, 3.63) is 0 Å². The lowest BCUT2D eigenvalue weighted by molar-refractivity contribution is -0.131. The maximum Gasteiger partial charge on any atom is 0.324 e. The van der Waals surface area contributed by atoms with E-state index in [0.29, 0.717) is 18.5 Å². The molecular formula is C18H31N3O2. The molecule has 5 heteroatoms. The summed E-state index contributed by atoms with van der Waals surface area (Å²) in [5.74, 6) is 0.518. The van der Waals surface area contributed by atoms with Crippen LogP contribution in [0.5, 0.6) is 0 Å². The molecule has 0 spiro atoms. The van der Waals surface area contributed by atoms with Crippen LogP contribution in [-0.2, 0) is 4.79 Å². The first-order chi connectivity index (χ1) is 11.1. The van der Waals surface area contributed by atoms with Crippen LogP contribution in [0.4, 0.5) is 4.79 Å². The van der Waals surface area contributed by atoms with Crippen LogP contribution in [0.1, 0.15) is 70.6 Å². The Morgan fingerprint density at radius 1 is 1.04 bits per heavy atom. The minimum atomic E-state index is -0.717. The number of carbonyl (C=O) groups is 2. The average molecular weight is 321 g/mol. The normalized spacial score (nSPS) is 30.7. The van der Waals surface area contributed by atoms with E-state index in [0.717, 1.165) is 6.42 Å². The van der Waals surface area contributed by atoms with Gasteiger partial charge in [-0.05, 0) is 25.2 Å². The van der Waals surface area contributed by atoms with Crippen molar-refractivity contribution >= 4 is 11.9 Å². The Labute approximate surface area is 139 Å². The van der Waals surface area contributed by atoms with Crippen LogP contribution >= 0.6 is 0 Å². The second kappa shape index (κ2) is 7.20. The standard InChI is InChI=1S/C18H31N3O2/c1-21-16(22)18(20-17(21)23,12-14-8-4-2-5-9-14)13-19-15-10-6-3-7-11-15/h14-15,19H,2-13H2,1H3,(H,20,23). The number of nitrogens with one attached hydrogen (secondary N) is 2. The fraction of sp³-hybridized carbons (Fsp3) is 0.889. The SMILES string of the molecule is CN1C(=O)NC(CNC2CCCCC2)(CC2CCCCC2)C1=O. The molecular weight excluding hydrogens is 290 g/mol. The molecule has 0 aromatic carbocycles. The van der Waals surface area contributed by atoms with Gasteiger partial charge in [-0.3, -0.25) is 9.69 Å². The van der Waals surface area contributed by atoms with E-state index in [9.17, 15) is 9.59 Å². The summed E-state index contributed by atoms with van der Waals surface area (Å²) in [6.07, 6.45) is 13.3. The molecule has 2 saturated carbocycles. The van der Waals surface area contributed by atoms with Crippen molar-refractivity contribution in [2.24, 2.45) is 5.92 Å². The number of amides is 3. The number of likely N-dealkylation sites (N-methyl/N-ethyl adjacent to an activating group) is 1. The van der Waals surface area contributed by atoms with Crippen molar-refractivity contribution in [1.82, 2.24) is 15.5 Å². The molecule has 130 valence electrons. The van der Waals surface area contributed by atoms with Gasteiger partial charge in [0, 0.05) is 19.6 Å². The zero-order valence-corrected chi connectivity index (χ0v) is 14.4. The monoisotopic (exact) mass is 321 g/mol. The Hall–Kier alpha value is -1.10. The molecule has 3 amide bonds. The van der Waals surface area contributed by atoms with E-state index in [2.05, 4.69) is 10.6 Å². The molecule has 0 aromatic heterocycles. The minimum Gasteiger partial charge on any atom is -0.322 e. The predicted octanol–water partition coefficient (Wildman–Crippen LogP) is 2.80. The lowest BCUT2D eigenvalue weighted by Crippen LogP contribution is -2.57. The molecule has 0 radical (unpaired) electrons. The lowest BCUT2D eigenvalue weighted by Gasteiger charge is -2.34. The van der Waals surface area contributed by atoms with Crippen molar-refractivity contribution in [2.75, 3.05) is 13.6 Å². The summed E-state index contributed by atoms with van der Waals surface area (Å²) >= 11 is 0. The molecule has 3 aliphatic rings. The molecule has 2 aliphatic carbocycles. The zero-order valence-electron chi connectivity index (χ0n) is 14.4. The first-order valence-electron chi connectivity index (χ1n) is 9.44. The van der Waals surface area contributed by atoms with Crippen LogP contribution in [0.2, 0.25) is 0 Å². The third kappa shape index (κ3) is 3.70. The first kappa shape index (κ1) is 16.7. The average Bonchev–Trinajstić information content (AvgIpc) is 2.79. The molecule has 0 aromatic rings. The molecule has 1 atom stereocenters. The highest BCUT2D eigenvalue weighted by molar-refractivity contribution is 6.07. The number of carbonyl (C=O) groups excluding carboxylic acids is 2. The van der Waals surface area contributed by atoms with Gasteiger partial charge in [-0.1, -0.05) is 51.4 Å². The number of urea groups is 1. The van der Waals surface area contributed by atoms with Gasteiger partial charge in [-0.25, -0.2) is 4.79 Å². The number of nitrogens with zero attached hydrogens (tertiary/aromatic N) is 1. The van der Waals surface area contributed by atoms with Gasteiger partial charge >= 0.3 is 6.03 Å². The quantitative estimate of drug-likeness (QED) is 0.766. The lowest BCUT2D eigenvalue weighted by atomic mass is 9.79. The number of hydrogen-bond donors (Lipinski definition) is 2. The summed E-state index contributed by atoms with van der Waals surface area (Å²) in [6, 6.07) is 0.263. The molecule has 3 fully saturated rings. The Bertz CT molecular complexity index is 442. The summed E-state index contributed by atoms with van der Waals surface area (Å²) in [7, 11) is 1.60. The van der Waals surface area contributed by atoms with Gasteiger partial charge in [0.15, 0.2) is 0 Å². The Kier molecular flexibility index (Phi) is 5.24. The summed E-state index contributed by atoms with van der Waals surface area (Å²) in [6.45, 7) is 0.586. The van der Waals surface area contributed by atoms with E-state index >= 15 is 0 Å². The van der Waals surface area contributed by atoms with Gasteiger partial charge in [0.1, 0.15) is 5.54 Å². The maximum absolute atomic E-state index is 12.8. The second-order valence-electron chi connectivity index (χ2n) is 7.80. The van der Waals surface area contributed by atoms with Crippen molar-refractivity contribution in [1.29, 1.82) is 0 Å². The van der Waals surface area contributed by atoms with Crippen LogP contribution in [0.25, 0.3) is 0 Å². The smallest absolute Gasteiger partial charge is 0.322 e. The third-order valence-corrected chi connectivity index (χ3v) is 6.02. The van der Waals surface area contributed by atoms with Gasteiger partial charge in [0.2, 0.25) is 0 Å². The predicted molar refractivity (Wildman–Crippen MR) is 90.1 cm³/mol. The topological polar surface area (TPSA) is 61.4 Å². The number of rotatable bonds is 5. The van der Waals surface area contributed by atoms with E-state index in [1.807, 2.05) is 0 Å². The van der Waals surface area contributed by atoms with E-state index in [4.69, 9.17) is 0 Å². The molecule has 3 rings (SSSR count). The van der Waals surface area contributed by atoms with E-state index in [1.165, 1.54) is 69.1 Å². The molecule has 0 bridgehead atoms. The van der Waals surface area contributed by atoms with Gasteiger partial charge < -0.3 is 10.6 Å². The fourth-order valence-electron chi connectivity index (χ4n) is 4.59. The summed E-state index contributed by atoms with van der Waals surface area (Å²) in [4.78, 5) is 26.1. The highest BCUT2D eigenvalue weighted by Gasteiger charge is 2.50. The molecule has 5 nitrogen and oxygen atoms in total. The number of imide groups is 1. The largest absolute Gasteiger partial charge is 0.324 e. The van der Waals surface area contributed by atoms with Gasteiger partial charge in [-0.15, -0.1) is 0 Å². The van der Waals surface area contributed by atoms with Gasteiger partial charge in [0.05, 0.1) is 0 Å². The minimum absolute atomic E-state index is 0.0450. The van der Waals surface area contributed by atoms with E-state index in [-0.39, 0.29) is 11.9 Å². The van der Waals surface area contributed by atoms with Crippen molar-refractivity contribution < 1.29 is 9.59 Å². The first-order valence-corrected chi connectivity index (χ1v) is 9.44. The molecule has 1 aliphatic heterocycles. The molecule has 1 unspecified atom stereocenters. The second-order valence-corrected chi connectivity index (χ2v) is 7.80. The molecule has 1 saturated heterocycles. The van der Waals surface area contributed by atoms with Crippen LogP contribution < -0.4 is 10.6 Å². The maximum atomic E-state index is 12.8. The Morgan fingerprint density at radius 3 is 2.22 bits per heavy atom. The fourth-order valence-corrected chi connectivity index (χ4v) is 4.59. The summed E-state index contributed by atoms with van der Waals surface area (Å²) in [5, 5.41) is 6.63. The summed E-state index contributed by atoms with van der Waals surface area (Å²) < 4.78 is 0. The Morgan fingerprint density at radius 2 is 1.65 bits per heavy atom. The molecule has 2 N–H and O–H groups in total.